The molecule has 0 radical (unpaired) electrons. The van der Waals surface area contributed by atoms with Gasteiger partial charge in [0.2, 0.25) is 0 Å². The third-order valence-electron chi connectivity index (χ3n) is 3.85. The standard InChI is InChI=1S/C15H21NO2S/c1-3-16(11-7-4-5-8-11)12-9-6-10-13(19-2)14(12)15(17)18/h6,9-11H,3-5,7-8H2,1-2H3,(H,17,18). The van der Waals surface area contributed by atoms with Crippen molar-refractivity contribution in [2.75, 3.05) is 17.7 Å². The molecule has 1 fully saturated rings. The first-order valence-electron chi connectivity index (χ1n) is 6.86. The molecule has 0 aromatic heterocycles. The average Bonchev–Trinajstić information content (AvgIpc) is 2.93. The fourth-order valence-electron chi connectivity index (χ4n) is 2.99. The molecule has 0 bridgehead atoms. The Hall–Kier alpha value is -1.16. The largest absolute Gasteiger partial charge is 0.478 e. The zero-order chi connectivity index (χ0) is 13.8. The number of anilines is 1. The van der Waals surface area contributed by atoms with Gasteiger partial charge >= 0.3 is 5.97 Å². The van der Waals surface area contributed by atoms with Crippen LogP contribution in [0.2, 0.25) is 0 Å². The molecule has 19 heavy (non-hydrogen) atoms. The van der Waals surface area contributed by atoms with E-state index in [9.17, 15) is 9.90 Å². The molecule has 1 aliphatic rings. The number of hydrogen-bond donors (Lipinski definition) is 1. The summed E-state index contributed by atoms with van der Waals surface area (Å²) in [7, 11) is 0. The van der Waals surface area contributed by atoms with Gasteiger partial charge in [0, 0.05) is 17.5 Å². The van der Waals surface area contributed by atoms with Gasteiger partial charge in [-0.3, -0.25) is 0 Å². The van der Waals surface area contributed by atoms with Gasteiger partial charge in [0.1, 0.15) is 0 Å². The molecule has 1 saturated carbocycles. The second-order valence-electron chi connectivity index (χ2n) is 4.88. The van der Waals surface area contributed by atoms with Gasteiger partial charge in [-0.05, 0) is 38.2 Å². The van der Waals surface area contributed by atoms with Crippen molar-refractivity contribution in [3.8, 4) is 0 Å². The summed E-state index contributed by atoms with van der Waals surface area (Å²) in [6.45, 7) is 2.97. The Labute approximate surface area is 119 Å². The van der Waals surface area contributed by atoms with Crippen molar-refractivity contribution in [1.29, 1.82) is 0 Å². The van der Waals surface area contributed by atoms with E-state index in [1.54, 1.807) is 0 Å². The fraction of sp³-hybridized carbons (Fsp3) is 0.533. The van der Waals surface area contributed by atoms with Gasteiger partial charge in [-0.15, -0.1) is 11.8 Å². The van der Waals surface area contributed by atoms with E-state index in [2.05, 4.69) is 11.8 Å². The van der Waals surface area contributed by atoms with Crippen LogP contribution in [0, 0.1) is 0 Å². The van der Waals surface area contributed by atoms with Gasteiger partial charge in [-0.2, -0.15) is 0 Å². The van der Waals surface area contributed by atoms with E-state index in [1.807, 2.05) is 24.5 Å². The van der Waals surface area contributed by atoms with E-state index in [1.165, 1.54) is 37.4 Å². The smallest absolute Gasteiger partial charge is 0.338 e. The summed E-state index contributed by atoms with van der Waals surface area (Å²) in [5.74, 6) is -0.823. The van der Waals surface area contributed by atoms with E-state index in [-0.39, 0.29) is 0 Å². The van der Waals surface area contributed by atoms with Crippen LogP contribution < -0.4 is 4.90 Å². The van der Waals surface area contributed by atoms with Gasteiger partial charge in [0.05, 0.1) is 11.3 Å². The topological polar surface area (TPSA) is 40.5 Å². The molecule has 0 amide bonds. The van der Waals surface area contributed by atoms with Crippen molar-refractivity contribution in [2.24, 2.45) is 0 Å². The van der Waals surface area contributed by atoms with Crippen LogP contribution in [-0.2, 0) is 0 Å². The molecular weight excluding hydrogens is 258 g/mol. The number of thioether (sulfide) groups is 1. The number of aromatic carboxylic acids is 1. The van der Waals surface area contributed by atoms with Crippen molar-refractivity contribution in [1.82, 2.24) is 0 Å². The van der Waals surface area contributed by atoms with Crippen LogP contribution in [0.1, 0.15) is 43.0 Å². The molecule has 104 valence electrons. The van der Waals surface area contributed by atoms with Crippen molar-refractivity contribution in [2.45, 2.75) is 43.5 Å². The van der Waals surface area contributed by atoms with Crippen LogP contribution in [0.15, 0.2) is 23.1 Å². The summed E-state index contributed by atoms with van der Waals surface area (Å²) in [6.07, 6.45) is 6.79. The molecule has 0 spiro atoms. The molecule has 1 aromatic rings. The SMILES string of the molecule is CCN(c1cccc(SC)c1C(=O)O)C1CCCC1. The Morgan fingerprint density at radius 2 is 2.11 bits per heavy atom. The molecular formula is C15H21NO2S. The zero-order valence-electron chi connectivity index (χ0n) is 11.6. The van der Waals surface area contributed by atoms with Crippen molar-refractivity contribution in [3.63, 3.8) is 0 Å². The summed E-state index contributed by atoms with van der Waals surface area (Å²) >= 11 is 1.50. The monoisotopic (exact) mass is 279 g/mol. The Balaban J connectivity index is 2.43. The van der Waals surface area contributed by atoms with E-state index >= 15 is 0 Å². The van der Waals surface area contributed by atoms with Crippen LogP contribution in [0.25, 0.3) is 0 Å². The number of carboxylic acids is 1. The minimum Gasteiger partial charge on any atom is -0.478 e. The maximum absolute atomic E-state index is 11.6. The molecule has 0 saturated heterocycles. The maximum Gasteiger partial charge on any atom is 0.338 e. The summed E-state index contributed by atoms with van der Waals surface area (Å²) in [5, 5.41) is 9.52. The van der Waals surface area contributed by atoms with Crippen molar-refractivity contribution >= 4 is 23.4 Å². The normalized spacial score (nSPS) is 15.7. The Bertz CT molecular complexity index is 455. The Morgan fingerprint density at radius 3 is 2.63 bits per heavy atom. The third-order valence-corrected chi connectivity index (χ3v) is 4.63. The van der Waals surface area contributed by atoms with Crippen LogP contribution in [0.5, 0.6) is 0 Å². The highest BCUT2D eigenvalue weighted by molar-refractivity contribution is 7.98. The predicted octanol–water partition coefficient (Wildman–Crippen LogP) is 3.88. The number of benzene rings is 1. The number of rotatable bonds is 5. The lowest BCUT2D eigenvalue weighted by Crippen LogP contribution is -2.34. The average molecular weight is 279 g/mol. The van der Waals surface area contributed by atoms with E-state index in [0.29, 0.717) is 11.6 Å². The van der Waals surface area contributed by atoms with Gasteiger partial charge in [-0.25, -0.2) is 4.79 Å². The second kappa shape index (κ2) is 6.33. The van der Waals surface area contributed by atoms with E-state index in [0.717, 1.165) is 17.1 Å². The summed E-state index contributed by atoms with van der Waals surface area (Å²) < 4.78 is 0. The second-order valence-corrected chi connectivity index (χ2v) is 5.73. The van der Waals surface area contributed by atoms with Gasteiger partial charge in [0.15, 0.2) is 0 Å². The zero-order valence-corrected chi connectivity index (χ0v) is 12.4. The highest BCUT2D eigenvalue weighted by atomic mass is 32.2. The Kier molecular flexibility index (Phi) is 4.75. The van der Waals surface area contributed by atoms with Crippen molar-refractivity contribution in [3.05, 3.63) is 23.8 Å². The summed E-state index contributed by atoms with van der Waals surface area (Å²) in [5.41, 5.74) is 1.34. The molecule has 1 N–H and O–H groups in total. The minimum absolute atomic E-state index is 0.462. The summed E-state index contributed by atoms with van der Waals surface area (Å²) in [4.78, 5) is 14.7. The highest BCUT2D eigenvalue weighted by Crippen LogP contribution is 2.34. The van der Waals surface area contributed by atoms with Gasteiger partial charge in [0.25, 0.3) is 0 Å². The highest BCUT2D eigenvalue weighted by Gasteiger charge is 2.26. The molecule has 0 heterocycles. The lowest BCUT2D eigenvalue weighted by atomic mass is 10.1. The maximum atomic E-state index is 11.6. The first-order valence-corrected chi connectivity index (χ1v) is 8.08. The van der Waals surface area contributed by atoms with E-state index < -0.39 is 5.97 Å². The lowest BCUT2D eigenvalue weighted by Gasteiger charge is -2.31. The van der Waals surface area contributed by atoms with Crippen LogP contribution in [-0.4, -0.2) is 29.9 Å². The van der Waals surface area contributed by atoms with E-state index in [4.69, 9.17) is 0 Å². The molecule has 0 atom stereocenters. The molecule has 1 aromatic carbocycles. The first-order chi connectivity index (χ1) is 9.19. The molecule has 2 rings (SSSR count). The molecule has 3 nitrogen and oxygen atoms in total. The van der Waals surface area contributed by atoms with Crippen molar-refractivity contribution < 1.29 is 9.90 Å². The molecule has 4 heteroatoms. The quantitative estimate of drug-likeness (QED) is 0.831. The Morgan fingerprint density at radius 1 is 1.42 bits per heavy atom. The van der Waals surface area contributed by atoms with Crippen LogP contribution >= 0.6 is 11.8 Å². The number of carboxylic acid groups (broad SMARTS) is 1. The summed E-state index contributed by atoms with van der Waals surface area (Å²) in [6, 6.07) is 6.30. The number of nitrogens with zero attached hydrogens (tertiary/aromatic N) is 1. The van der Waals surface area contributed by atoms with Crippen LogP contribution in [0.3, 0.4) is 0 Å². The molecule has 0 unspecified atom stereocenters. The minimum atomic E-state index is -0.823. The lowest BCUT2D eigenvalue weighted by molar-refractivity contribution is 0.0693. The molecule has 0 aliphatic heterocycles. The number of carbonyl (C=O) groups is 1. The van der Waals surface area contributed by atoms with Crippen LogP contribution in [0.4, 0.5) is 5.69 Å². The molecule has 1 aliphatic carbocycles. The first kappa shape index (κ1) is 14.3. The third kappa shape index (κ3) is 2.89. The fourth-order valence-corrected chi connectivity index (χ4v) is 3.60. The van der Waals surface area contributed by atoms with Gasteiger partial charge in [-0.1, -0.05) is 18.9 Å². The number of hydrogen-bond acceptors (Lipinski definition) is 3. The predicted molar refractivity (Wildman–Crippen MR) is 80.5 cm³/mol. The van der Waals surface area contributed by atoms with Gasteiger partial charge < -0.3 is 10.0 Å².